The first-order valence-electron chi connectivity index (χ1n) is 10.2. The first kappa shape index (κ1) is 24.7. The first-order chi connectivity index (χ1) is 15.6. The standard InChI is InChI=1S/C23H23BrClFN4O3/c1-13(2)30(11-20(31)28-9-14-4-3-5-18(25)22(14)26)21(32)12-29-10-17(23(27)33)16-8-15(24)6-7-19(16)29/h3-8,10,13H,9,11-12H2,1-2H3,(H2,27,33)(H,28,31). The maximum Gasteiger partial charge on any atom is 0.250 e. The Kier molecular flexibility index (Phi) is 7.76. The number of primary amides is 1. The van der Waals surface area contributed by atoms with Crippen LogP contribution in [0.25, 0.3) is 10.9 Å². The molecular formula is C23H23BrClFN4O3. The lowest BCUT2D eigenvalue weighted by molar-refractivity contribution is -0.138. The van der Waals surface area contributed by atoms with E-state index in [0.717, 1.165) is 4.47 Å². The van der Waals surface area contributed by atoms with Crippen LogP contribution in [0.4, 0.5) is 4.39 Å². The second kappa shape index (κ2) is 10.4. The van der Waals surface area contributed by atoms with E-state index in [1.807, 2.05) is 0 Å². The van der Waals surface area contributed by atoms with E-state index in [4.69, 9.17) is 17.3 Å². The molecule has 1 aromatic heterocycles. The lowest BCUT2D eigenvalue weighted by Gasteiger charge is -2.26. The van der Waals surface area contributed by atoms with Gasteiger partial charge < -0.3 is 20.5 Å². The van der Waals surface area contributed by atoms with E-state index >= 15 is 0 Å². The third-order valence-corrected chi connectivity index (χ3v) is 5.96. The van der Waals surface area contributed by atoms with Crippen LogP contribution in [0.3, 0.4) is 0 Å². The molecule has 3 N–H and O–H groups in total. The van der Waals surface area contributed by atoms with Gasteiger partial charge in [0.1, 0.15) is 12.4 Å². The largest absolute Gasteiger partial charge is 0.366 e. The van der Waals surface area contributed by atoms with Crippen LogP contribution in [0.2, 0.25) is 5.02 Å². The molecule has 0 radical (unpaired) electrons. The quantitative estimate of drug-likeness (QED) is 0.457. The summed E-state index contributed by atoms with van der Waals surface area (Å²) in [6.45, 7) is 3.25. The van der Waals surface area contributed by atoms with Crippen molar-refractivity contribution in [3.63, 3.8) is 0 Å². The maximum atomic E-state index is 14.0. The second-order valence-corrected chi connectivity index (χ2v) is 9.12. The predicted octanol–water partition coefficient (Wildman–Crippen LogP) is 3.85. The molecule has 0 fully saturated rings. The highest BCUT2D eigenvalue weighted by atomic mass is 79.9. The van der Waals surface area contributed by atoms with Crippen LogP contribution in [0, 0.1) is 5.82 Å². The summed E-state index contributed by atoms with van der Waals surface area (Å²) in [5, 5.41) is 3.22. The topological polar surface area (TPSA) is 97.4 Å². The normalized spacial score (nSPS) is 11.1. The number of halogens is 3. The Balaban J connectivity index is 1.73. The van der Waals surface area contributed by atoms with Crippen LogP contribution in [-0.2, 0) is 22.7 Å². The zero-order valence-electron chi connectivity index (χ0n) is 18.1. The number of fused-ring (bicyclic) bond motifs is 1. The molecule has 174 valence electrons. The van der Waals surface area contributed by atoms with Gasteiger partial charge in [0.15, 0.2) is 0 Å². The summed E-state index contributed by atoms with van der Waals surface area (Å²) in [6.07, 6.45) is 1.54. The fourth-order valence-electron chi connectivity index (χ4n) is 3.48. The number of benzene rings is 2. The molecule has 0 aliphatic carbocycles. The number of nitrogens with one attached hydrogen (secondary N) is 1. The van der Waals surface area contributed by atoms with Crippen molar-refractivity contribution >= 4 is 56.2 Å². The molecule has 0 atom stereocenters. The van der Waals surface area contributed by atoms with E-state index in [9.17, 15) is 18.8 Å². The Bertz CT molecular complexity index is 1230. The van der Waals surface area contributed by atoms with Crippen LogP contribution in [0.5, 0.6) is 0 Å². The minimum absolute atomic E-state index is 0.0259. The van der Waals surface area contributed by atoms with Gasteiger partial charge in [-0.15, -0.1) is 0 Å². The van der Waals surface area contributed by atoms with Gasteiger partial charge in [-0.3, -0.25) is 14.4 Å². The fourth-order valence-corrected chi connectivity index (χ4v) is 4.04. The highest BCUT2D eigenvalue weighted by Gasteiger charge is 2.22. The van der Waals surface area contributed by atoms with Crippen LogP contribution in [0.15, 0.2) is 47.1 Å². The summed E-state index contributed by atoms with van der Waals surface area (Å²) >= 11 is 9.14. The SMILES string of the molecule is CC(C)N(CC(=O)NCc1cccc(Cl)c1F)C(=O)Cn1cc(C(N)=O)c2cc(Br)ccc21. The Morgan fingerprint density at radius 1 is 1.24 bits per heavy atom. The third-order valence-electron chi connectivity index (χ3n) is 5.18. The van der Waals surface area contributed by atoms with Crippen molar-refractivity contribution < 1.29 is 18.8 Å². The van der Waals surface area contributed by atoms with Gasteiger partial charge in [0.25, 0.3) is 5.91 Å². The van der Waals surface area contributed by atoms with Gasteiger partial charge in [0.05, 0.1) is 17.1 Å². The molecule has 10 heteroatoms. The van der Waals surface area contributed by atoms with Gasteiger partial charge >= 0.3 is 0 Å². The van der Waals surface area contributed by atoms with Crippen molar-refractivity contribution in [1.82, 2.24) is 14.8 Å². The number of amides is 3. The van der Waals surface area contributed by atoms with Crippen molar-refractivity contribution in [3.8, 4) is 0 Å². The third kappa shape index (κ3) is 5.72. The Labute approximate surface area is 203 Å². The minimum atomic E-state index is -0.599. The first-order valence-corrected chi connectivity index (χ1v) is 11.3. The predicted molar refractivity (Wildman–Crippen MR) is 128 cm³/mol. The number of carbonyl (C=O) groups excluding carboxylic acids is 3. The summed E-state index contributed by atoms with van der Waals surface area (Å²) in [7, 11) is 0. The van der Waals surface area contributed by atoms with Crippen LogP contribution in [-0.4, -0.2) is 39.8 Å². The number of nitrogens with two attached hydrogens (primary N) is 1. The van der Waals surface area contributed by atoms with Crippen molar-refractivity contribution in [1.29, 1.82) is 0 Å². The van der Waals surface area contributed by atoms with Gasteiger partial charge in [-0.25, -0.2) is 4.39 Å². The molecule has 0 aliphatic rings. The zero-order chi connectivity index (χ0) is 24.3. The summed E-state index contributed by atoms with van der Waals surface area (Å²) in [5.41, 5.74) is 6.72. The molecule has 33 heavy (non-hydrogen) atoms. The average molecular weight is 538 g/mol. The summed E-state index contributed by atoms with van der Waals surface area (Å²) in [5.74, 6) is -1.94. The molecule has 0 bridgehead atoms. The van der Waals surface area contributed by atoms with Crippen molar-refractivity contribution in [2.75, 3.05) is 6.54 Å². The zero-order valence-corrected chi connectivity index (χ0v) is 20.4. The molecule has 0 saturated heterocycles. The molecule has 0 saturated carbocycles. The number of nitrogens with zero attached hydrogens (tertiary/aromatic N) is 2. The van der Waals surface area contributed by atoms with E-state index in [-0.39, 0.29) is 42.2 Å². The highest BCUT2D eigenvalue weighted by Crippen LogP contribution is 2.25. The van der Waals surface area contributed by atoms with Gasteiger partial charge in [-0.1, -0.05) is 39.7 Å². The van der Waals surface area contributed by atoms with E-state index < -0.39 is 17.6 Å². The molecule has 7 nitrogen and oxygen atoms in total. The van der Waals surface area contributed by atoms with Crippen LogP contribution in [0.1, 0.15) is 29.8 Å². The molecule has 2 aromatic carbocycles. The Morgan fingerprint density at radius 2 is 1.97 bits per heavy atom. The lowest BCUT2D eigenvalue weighted by Crippen LogP contribution is -2.45. The molecule has 0 spiro atoms. The Hall–Kier alpha value is -2.91. The van der Waals surface area contributed by atoms with E-state index in [1.165, 1.54) is 23.2 Å². The van der Waals surface area contributed by atoms with Crippen molar-refractivity contribution in [3.05, 3.63) is 69.0 Å². The molecule has 1 heterocycles. The van der Waals surface area contributed by atoms with Gasteiger partial charge in [-0.05, 0) is 38.1 Å². The maximum absolute atomic E-state index is 14.0. The van der Waals surface area contributed by atoms with Gasteiger partial charge in [0.2, 0.25) is 11.8 Å². The molecule has 0 aliphatic heterocycles. The number of hydrogen-bond donors (Lipinski definition) is 2. The van der Waals surface area contributed by atoms with E-state index in [1.54, 1.807) is 42.7 Å². The number of hydrogen-bond acceptors (Lipinski definition) is 3. The highest BCUT2D eigenvalue weighted by molar-refractivity contribution is 9.10. The summed E-state index contributed by atoms with van der Waals surface area (Å²) < 4.78 is 16.5. The number of rotatable bonds is 8. The molecular weight excluding hydrogens is 515 g/mol. The summed E-state index contributed by atoms with van der Waals surface area (Å²) in [4.78, 5) is 38.8. The Morgan fingerprint density at radius 3 is 2.64 bits per heavy atom. The average Bonchev–Trinajstić information content (AvgIpc) is 3.10. The van der Waals surface area contributed by atoms with Crippen LogP contribution < -0.4 is 11.1 Å². The van der Waals surface area contributed by atoms with Crippen molar-refractivity contribution in [2.24, 2.45) is 5.73 Å². The smallest absolute Gasteiger partial charge is 0.250 e. The number of aromatic nitrogens is 1. The summed E-state index contributed by atoms with van der Waals surface area (Å²) in [6, 6.07) is 9.63. The van der Waals surface area contributed by atoms with Crippen LogP contribution >= 0.6 is 27.5 Å². The second-order valence-electron chi connectivity index (χ2n) is 7.80. The molecule has 3 rings (SSSR count). The molecule has 0 unspecified atom stereocenters. The minimum Gasteiger partial charge on any atom is -0.366 e. The fraction of sp³-hybridized carbons (Fsp3) is 0.261. The molecule has 3 amide bonds. The van der Waals surface area contributed by atoms with Gasteiger partial charge in [-0.2, -0.15) is 0 Å². The van der Waals surface area contributed by atoms with E-state index in [2.05, 4.69) is 21.2 Å². The lowest BCUT2D eigenvalue weighted by atomic mass is 10.2. The monoisotopic (exact) mass is 536 g/mol. The molecule has 3 aromatic rings. The van der Waals surface area contributed by atoms with E-state index in [0.29, 0.717) is 16.5 Å². The van der Waals surface area contributed by atoms with Gasteiger partial charge in [0, 0.05) is 39.7 Å². The van der Waals surface area contributed by atoms with Crippen molar-refractivity contribution in [2.45, 2.75) is 33.0 Å². The number of carbonyl (C=O) groups is 3.